The summed E-state index contributed by atoms with van der Waals surface area (Å²) in [5.74, 6) is 0. The van der Waals surface area contributed by atoms with E-state index < -0.39 is 13.9 Å². The second-order valence-electron chi connectivity index (χ2n) is 2.43. The third-order valence-corrected chi connectivity index (χ3v) is 1.82. The van der Waals surface area contributed by atoms with Crippen molar-refractivity contribution < 1.29 is 14.0 Å². The summed E-state index contributed by atoms with van der Waals surface area (Å²) in [7, 11) is -2.69. The maximum absolute atomic E-state index is 9.99. The van der Waals surface area contributed by atoms with Gasteiger partial charge in [0.05, 0.1) is 0 Å². The molecule has 0 saturated carbocycles. The molecule has 0 aromatic heterocycles. The zero-order valence-electron chi connectivity index (χ0n) is 5.88. The Morgan fingerprint density at radius 3 is 2.22 bits per heavy atom. The number of hydrogen-bond donors (Lipinski definition) is 0. The lowest BCUT2D eigenvalue weighted by Gasteiger charge is -2.14. The summed E-state index contributed by atoms with van der Waals surface area (Å²) >= 11 is 0. The van der Waals surface area contributed by atoms with E-state index in [0.29, 0.717) is 6.42 Å². The highest BCUT2D eigenvalue weighted by molar-refractivity contribution is 7.30. The number of rotatable bonds is 3. The Labute approximate surface area is 56.0 Å². The highest BCUT2D eigenvalue weighted by Crippen LogP contribution is 2.24. The van der Waals surface area contributed by atoms with E-state index in [1.807, 2.05) is 6.92 Å². The second kappa shape index (κ2) is 3.25. The van der Waals surface area contributed by atoms with Crippen LogP contribution in [0, 0.1) is 0 Å². The maximum atomic E-state index is 9.99. The van der Waals surface area contributed by atoms with Crippen LogP contribution in [0.2, 0.25) is 0 Å². The van der Waals surface area contributed by atoms with Gasteiger partial charge in [0.2, 0.25) is 0 Å². The van der Waals surface area contributed by atoms with Crippen LogP contribution in [0.15, 0.2) is 0 Å². The van der Waals surface area contributed by atoms with Gasteiger partial charge in [-0.15, -0.1) is 4.52 Å². The summed E-state index contributed by atoms with van der Waals surface area (Å²) in [4.78, 5) is 9.99. The van der Waals surface area contributed by atoms with Crippen LogP contribution in [0.25, 0.3) is 0 Å². The molecule has 0 aliphatic heterocycles. The molecule has 0 rings (SSSR count). The van der Waals surface area contributed by atoms with Gasteiger partial charge < -0.3 is 4.89 Å². The highest BCUT2D eigenvalue weighted by Gasteiger charge is 2.23. The molecule has 0 bridgehead atoms. The van der Waals surface area contributed by atoms with Crippen molar-refractivity contribution in [2.45, 2.75) is 32.8 Å². The van der Waals surface area contributed by atoms with E-state index in [4.69, 9.17) is 0 Å². The highest BCUT2D eigenvalue weighted by atomic mass is 31.1. The first kappa shape index (κ1) is 9.02. The molecule has 4 heteroatoms. The Kier molecular flexibility index (Phi) is 3.26. The van der Waals surface area contributed by atoms with Gasteiger partial charge in [-0.1, -0.05) is 6.92 Å². The predicted molar refractivity (Wildman–Crippen MR) is 33.1 cm³/mol. The van der Waals surface area contributed by atoms with Crippen LogP contribution in [-0.2, 0) is 9.09 Å². The van der Waals surface area contributed by atoms with Crippen molar-refractivity contribution in [1.82, 2.24) is 0 Å². The topological polar surface area (TPSA) is 49.4 Å². The van der Waals surface area contributed by atoms with Crippen LogP contribution in [-0.4, -0.2) is 5.60 Å². The summed E-state index contributed by atoms with van der Waals surface area (Å²) < 4.78 is 14.5. The fraction of sp³-hybridized carbons (Fsp3) is 1.00. The third-order valence-electron chi connectivity index (χ3n) is 1.17. The molecule has 0 saturated heterocycles. The minimum Gasteiger partial charge on any atom is -0.566 e. The van der Waals surface area contributed by atoms with Gasteiger partial charge >= 0.3 is 8.25 Å². The van der Waals surface area contributed by atoms with Gasteiger partial charge in [0.1, 0.15) is 5.60 Å². The van der Waals surface area contributed by atoms with Gasteiger partial charge in [-0.3, -0.25) is 0 Å². The Balaban J connectivity index is 3.71. The molecule has 0 fully saturated rings. The predicted octanol–water partition coefficient (Wildman–Crippen LogP) is 1.21. The van der Waals surface area contributed by atoms with Crippen molar-refractivity contribution in [3.8, 4) is 0 Å². The average Bonchev–Trinajstić information content (AvgIpc) is 1.63. The van der Waals surface area contributed by atoms with Crippen LogP contribution in [0.1, 0.15) is 27.2 Å². The van der Waals surface area contributed by atoms with Crippen molar-refractivity contribution in [1.29, 1.82) is 0 Å². The quantitative estimate of drug-likeness (QED) is 0.568. The minimum atomic E-state index is -2.69. The summed E-state index contributed by atoms with van der Waals surface area (Å²) in [6.07, 6.45) is 0.691. The fourth-order valence-corrected chi connectivity index (χ4v) is 0.799. The SMILES string of the molecule is CCC(C)(C)O[P+](=O)[O-]. The molecule has 0 radical (unpaired) electrons. The molecule has 0 spiro atoms. The molecule has 0 aliphatic rings. The molecule has 0 amide bonds. The molecule has 0 aliphatic carbocycles. The van der Waals surface area contributed by atoms with Crippen LogP contribution < -0.4 is 4.89 Å². The van der Waals surface area contributed by atoms with E-state index in [0.717, 1.165) is 0 Å². The first-order valence-electron chi connectivity index (χ1n) is 2.81. The Hall–Kier alpha value is 0.0200. The van der Waals surface area contributed by atoms with Crippen LogP contribution in [0.3, 0.4) is 0 Å². The van der Waals surface area contributed by atoms with E-state index >= 15 is 0 Å². The van der Waals surface area contributed by atoms with Crippen LogP contribution in [0.5, 0.6) is 0 Å². The summed E-state index contributed by atoms with van der Waals surface area (Å²) in [5.41, 5.74) is -0.533. The first-order chi connectivity index (χ1) is 3.98. The fourth-order valence-electron chi connectivity index (χ4n) is 0.266. The van der Waals surface area contributed by atoms with Gasteiger partial charge in [-0.25, -0.2) is 0 Å². The smallest absolute Gasteiger partial charge is 0.489 e. The van der Waals surface area contributed by atoms with Gasteiger partial charge in [-0.05, 0) is 24.8 Å². The summed E-state index contributed by atoms with van der Waals surface area (Å²) in [6, 6.07) is 0. The monoisotopic (exact) mass is 150 g/mol. The molecular weight excluding hydrogens is 139 g/mol. The van der Waals surface area contributed by atoms with E-state index in [2.05, 4.69) is 4.52 Å². The lowest BCUT2D eigenvalue weighted by molar-refractivity contribution is -0.194. The zero-order chi connectivity index (χ0) is 7.49. The average molecular weight is 150 g/mol. The molecule has 9 heavy (non-hydrogen) atoms. The van der Waals surface area contributed by atoms with Gasteiger partial charge in [0.15, 0.2) is 0 Å². The first-order valence-corrected chi connectivity index (χ1v) is 3.91. The Morgan fingerprint density at radius 2 is 2.11 bits per heavy atom. The van der Waals surface area contributed by atoms with Gasteiger partial charge in [0.25, 0.3) is 0 Å². The molecule has 0 N–H and O–H groups in total. The summed E-state index contributed by atoms with van der Waals surface area (Å²) in [6.45, 7) is 5.34. The lowest BCUT2D eigenvalue weighted by Crippen LogP contribution is -2.20. The normalized spacial score (nSPS) is 13.6. The molecule has 1 unspecified atom stereocenters. The van der Waals surface area contributed by atoms with Crippen molar-refractivity contribution in [2.75, 3.05) is 0 Å². The van der Waals surface area contributed by atoms with Crippen molar-refractivity contribution >= 4 is 8.25 Å². The second-order valence-corrected chi connectivity index (χ2v) is 3.06. The van der Waals surface area contributed by atoms with E-state index in [1.54, 1.807) is 13.8 Å². The summed E-state index contributed by atoms with van der Waals surface area (Å²) in [5, 5.41) is 0. The van der Waals surface area contributed by atoms with E-state index in [-0.39, 0.29) is 0 Å². The molecule has 1 atom stereocenters. The minimum absolute atomic E-state index is 0.533. The van der Waals surface area contributed by atoms with Gasteiger partial charge in [0, 0.05) is 0 Å². The molecule has 0 aromatic rings. The number of hydrogen-bond acceptors (Lipinski definition) is 3. The largest absolute Gasteiger partial charge is 0.566 e. The standard InChI is InChI=1S/C5H11O3P/c1-4-5(2,3)8-9(6)7/h4H2,1-3H3. The van der Waals surface area contributed by atoms with Crippen LogP contribution in [0.4, 0.5) is 0 Å². The van der Waals surface area contributed by atoms with E-state index in [1.165, 1.54) is 0 Å². The van der Waals surface area contributed by atoms with Crippen molar-refractivity contribution in [3.63, 3.8) is 0 Å². The van der Waals surface area contributed by atoms with Crippen molar-refractivity contribution in [2.24, 2.45) is 0 Å². The molecule has 0 aromatic carbocycles. The van der Waals surface area contributed by atoms with Crippen LogP contribution >= 0.6 is 8.25 Å². The molecule has 54 valence electrons. The molecule has 3 nitrogen and oxygen atoms in total. The zero-order valence-corrected chi connectivity index (χ0v) is 6.77. The van der Waals surface area contributed by atoms with E-state index in [9.17, 15) is 9.46 Å². The van der Waals surface area contributed by atoms with Crippen molar-refractivity contribution in [3.05, 3.63) is 0 Å². The van der Waals surface area contributed by atoms with Gasteiger partial charge in [-0.2, -0.15) is 0 Å². The Morgan fingerprint density at radius 1 is 1.67 bits per heavy atom. The maximum Gasteiger partial charge on any atom is 0.489 e. The molecular formula is C5H11O3P. The Bertz CT molecular complexity index is 111. The molecule has 0 heterocycles. The lowest BCUT2D eigenvalue weighted by atomic mass is 10.1. The third kappa shape index (κ3) is 4.52.